The zero-order chi connectivity index (χ0) is 22.6. The molecule has 0 spiro atoms. The normalized spacial score (nSPS) is 11.2. The number of para-hydroxylation sites is 1. The highest BCUT2D eigenvalue weighted by Gasteiger charge is 2.19. The van der Waals surface area contributed by atoms with Crippen LogP contribution in [0.3, 0.4) is 0 Å². The molecule has 3 aromatic heterocycles. The maximum absolute atomic E-state index is 12.2. The average Bonchev–Trinajstić information content (AvgIpc) is 3.56. The number of benzene rings is 2. The van der Waals surface area contributed by atoms with Gasteiger partial charge in [-0.25, -0.2) is 15.0 Å². The van der Waals surface area contributed by atoms with Gasteiger partial charge in [0.15, 0.2) is 0 Å². The minimum absolute atomic E-state index is 0.0311. The van der Waals surface area contributed by atoms with Gasteiger partial charge in [-0.15, -0.1) is 11.3 Å². The van der Waals surface area contributed by atoms with E-state index in [0.717, 1.165) is 62.9 Å². The largest absolute Gasteiger partial charge is 0.338 e. The first-order chi connectivity index (χ1) is 16.2. The molecule has 5 aromatic rings. The Kier molecular flexibility index (Phi) is 6.14. The molecule has 166 valence electrons. The number of unbranched alkanes of at least 4 members (excludes halogenated alkanes) is 1. The molecule has 3 heterocycles. The standard InChI is InChI=1S/C24H22N6OS2/c25-19-13-32-24(28-19)23-22(15-10-11-17-18(12-15)33-14-26-17)29-20(30-23)8-4-5-9-21(31)27-16-6-2-1-3-7-16/h1-3,6-7,10-14H,4-5,8-9,25H2,(H,27,31)(H,29,30)/p+1. The maximum atomic E-state index is 12.2. The van der Waals surface area contributed by atoms with Crippen LogP contribution in [0.5, 0.6) is 0 Å². The summed E-state index contributed by atoms with van der Waals surface area (Å²) in [5, 5.41) is 5.75. The van der Waals surface area contributed by atoms with E-state index in [1.165, 1.54) is 0 Å². The summed E-state index contributed by atoms with van der Waals surface area (Å²) < 4.78 is 1.13. The number of H-pyrrole nitrogens is 2. The second-order valence-corrected chi connectivity index (χ2v) is 9.47. The Morgan fingerprint density at radius 2 is 2.00 bits per heavy atom. The number of nitrogen functional groups attached to an aromatic ring is 1. The van der Waals surface area contributed by atoms with Crippen LogP contribution in [0.4, 0.5) is 11.5 Å². The summed E-state index contributed by atoms with van der Waals surface area (Å²) >= 11 is 3.17. The number of thiazole rings is 2. The smallest absolute Gasteiger partial charge is 0.281 e. The number of nitrogens with zero attached hydrogens (tertiary/aromatic N) is 2. The molecule has 0 bridgehead atoms. The summed E-state index contributed by atoms with van der Waals surface area (Å²) in [6, 6.07) is 15.7. The SMILES string of the molecule is Nc1csc(-c2[nH]c(CCCCC(=O)Nc3ccccc3)nc2-c2ccc3ncsc3c2)[nH+]1. The van der Waals surface area contributed by atoms with Gasteiger partial charge in [0.1, 0.15) is 17.2 Å². The van der Waals surface area contributed by atoms with Gasteiger partial charge in [-0.3, -0.25) is 10.5 Å². The molecule has 0 radical (unpaired) electrons. The zero-order valence-corrected chi connectivity index (χ0v) is 19.4. The molecule has 0 unspecified atom stereocenters. The third-order valence-corrected chi connectivity index (χ3v) is 6.98. The number of nitrogens with one attached hydrogen (secondary N) is 3. The number of aromatic amines is 2. The molecule has 0 fully saturated rings. The molecule has 0 saturated heterocycles. The van der Waals surface area contributed by atoms with Crippen LogP contribution in [0.25, 0.3) is 32.2 Å². The van der Waals surface area contributed by atoms with Crippen molar-refractivity contribution in [1.82, 2.24) is 15.0 Å². The lowest BCUT2D eigenvalue weighted by Gasteiger charge is -2.04. The molecule has 1 amide bonds. The second-order valence-electron chi connectivity index (χ2n) is 7.71. The van der Waals surface area contributed by atoms with E-state index in [4.69, 9.17) is 10.7 Å². The first-order valence-corrected chi connectivity index (χ1v) is 12.5. The Hall–Kier alpha value is -3.56. The van der Waals surface area contributed by atoms with Crippen molar-refractivity contribution in [3.8, 4) is 22.0 Å². The number of nitrogens with two attached hydrogens (primary N) is 1. The van der Waals surface area contributed by atoms with Crippen molar-refractivity contribution in [3.05, 3.63) is 65.2 Å². The number of fused-ring (bicyclic) bond motifs is 1. The minimum Gasteiger partial charge on any atom is -0.338 e. The predicted molar refractivity (Wildman–Crippen MR) is 134 cm³/mol. The van der Waals surface area contributed by atoms with Crippen LogP contribution < -0.4 is 16.0 Å². The van der Waals surface area contributed by atoms with E-state index >= 15 is 0 Å². The summed E-state index contributed by atoms with van der Waals surface area (Å²) in [7, 11) is 0. The first kappa shape index (κ1) is 21.3. The van der Waals surface area contributed by atoms with Crippen LogP contribution in [0.15, 0.2) is 59.4 Å². The molecule has 0 atom stereocenters. The lowest BCUT2D eigenvalue weighted by atomic mass is 10.1. The zero-order valence-electron chi connectivity index (χ0n) is 17.8. The molecule has 9 heteroatoms. The summed E-state index contributed by atoms with van der Waals surface area (Å²) in [5.74, 6) is 1.55. The van der Waals surface area contributed by atoms with Gasteiger partial charge in [-0.05, 0) is 37.1 Å². The third-order valence-electron chi connectivity index (χ3n) is 5.27. The second kappa shape index (κ2) is 9.51. The predicted octanol–water partition coefficient (Wildman–Crippen LogP) is 5.16. The number of hydrogen-bond acceptors (Lipinski definition) is 6. The molecule has 0 saturated carbocycles. The quantitative estimate of drug-likeness (QED) is 0.269. The van der Waals surface area contributed by atoms with Crippen molar-refractivity contribution in [3.63, 3.8) is 0 Å². The van der Waals surface area contributed by atoms with Crippen LogP contribution in [-0.2, 0) is 11.2 Å². The van der Waals surface area contributed by atoms with Crippen molar-refractivity contribution >= 4 is 50.3 Å². The van der Waals surface area contributed by atoms with Gasteiger partial charge in [0, 0.05) is 24.1 Å². The van der Waals surface area contributed by atoms with Gasteiger partial charge < -0.3 is 10.3 Å². The topological polar surface area (TPSA) is 111 Å². The van der Waals surface area contributed by atoms with Gasteiger partial charge >= 0.3 is 0 Å². The van der Waals surface area contributed by atoms with Gasteiger partial charge in [-0.1, -0.05) is 35.6 Å². The number of rotatable bonds is 8. The van der Waals surface area contributed by atoms with Gasteiger partial charge in [-0.2, -0.15) is 0 Å². The lowest BCUT2D eigenvalue weighted by Crippen LogP contribution is -2.11. The summed E-state index contributed by atoms with van der Waals surface area (Å²) in [5.41, 5.74) is 12.4. The molecule has 7 nitrogen and oxygen atoms in total. The lowest BCUT2D eigenvalue weighted by molar-refractivity contribution is -0.340. The van der Waals surface area contributed by atoms with Crippen LogP contribution in [0.2, 0.25) is 0 Å². The van der Waals surface area contributed by atoms with E-state index < -0.39 is 0 Å². The van der Waals surface area contributed by atoms with Crippen molar-refractivity contribution in [1.29, 1.82) is 0 Å². The number of amides is 1. The Morgan fingerprint density at radius 1 is 1.12 bits per heavy atom. The number of hydrogen-bond donors (Lipinski definition) is 3. The molecule has 0 aliphatic carbocycles. The average molecular weight is 476 g/mol. The fourth-order valence-electron chi connectivity index (χ4n) is 3.67. The Morgan fingerprint density at radius 3 is 2.82 bits per heavy atom. The highest BCUT2D eigenvalue weighted by atomic mass is 32.1. The summed E-state index contributed by atoms with van der Waals surface area (Å²) in [6.07, 6.45) is 2.88. The highest BCUT2D eigenvalue weighted by molar-refractivity contribution is 7.16. The first-order valence-electron chi connectivity index (χ1n) is 10.7. The van der Waals surface area contributed by atoms with Crippen LogP contribution in [-0.4, -0.2) is 20.9 Å². The number of aryl methyl sites for hydroxylation is 1. The van der Waals surface area contributed by atoms with Crippen LogP contribution in [0.1, 0.15) is 25.1 Å². The fourth-order valence-corrected chi connectivity index (χ4v) is 5.14. The number of aromatic nitrogens is 4. The minimum atomic E-state index is 0.0311. The molecule has 5 rings (SSSR count). The molecular weight excluding hydrogens is 452 g/mol. The highest BCUT2D eigenvalue weighted by Crippen LogP contribution is 2.33. The van der Waals surface area contributed by atoms with Gasteiger partial charge in [0.25, 0.3) is 5.82 Å². The summed E-state index contributed by atoms with van der Waals surface area (Å²) in [6.45, 7) is 0. The van der Waals surface area contributed by atoms with E-state index in [2.05, 4.69) is 32.4 Å². The van der Waals surface area contributed by atoms with E-state index in [1.54, 1.807) is 22.7 Å². The molecule has 2 aromatic carbocycles. The van der Waals surface area contributed by atoms with Gasteiger partial charge in [0.05, 0.1) is 21.1 Å². The van der Waals surface area contributed by atoms with Crippen LogP contribution >= 0.6 is 22.7 Å². The number of carbonyl (C=O) groups is 1. The van der Waals surface area contributed by atoms with Crippen molar-refractivity contribution in [2.24, 2.45) is 0 Å². The van der Waals surface area contributed by atoms with E-state index in [1.807, 2.05) is 47.3 Å². The van der Waals surface area contributed by atoms with E-state index in [-0.39, 0.29) is 5.91 Å². The monoisotopic (exact) mass is 475 g/mol. The van der Waals surface area contributed by atoms with E-state index in [0.29, 0.717) is 12.2 Å². The van der Waals surface area contributed by atoms with Crippen LogP contribution in [0, 0.1) is 0 Å². The molecule has 33 heavy (non-hydrogen) atoms. The van der Waals surface area contributed by atoms with Crippen molar-refractivity contribution in [2.75, 3.05) is 11.1 Å². The van der Waals surface area contributed by atoms with E-state index in [9.17, 15) is 4.79 Å². The summed E-state index contributed by atoms with van der Waals surface area (Å²) in [4.78, 5) is 28.2. The van der Waals surface area contributed by atoms with Crippen molar-refractivity contribution in [2.45, 2.75) is 25.7 Å². The van der Waals surface area contributed by atoms with Gasteiger partial charge in [0.2, 0.25) is 10.9 Å². The number of imidazole rings is 1. The molecule has 0 aliphatic rings. The number of carbonyl (C=O) groups excluding carboxylic acids is 1. The molecule has 0 aliphatic heterocycles. The maximum Gasteiger partial charge on any atom is 0.281 e. The molecule has 5 N–H and O–H groups in total. The Labute approximate surface area is 198 Å². The van der Waals surface area contributed by atoms with Crippen molar-refractivity contribution < 1.29 is 9.78 Å². The Balaban J connectivity index is 1.29. The number of anilines is 2. The Bertz CT molecular complexity index is 1390. The fraction of sp³-hybridized carbons (Fsp3) is 0.167. The molecular formula is C24H23N6OS2+. The third kappa shape index (κ3) is 4.94.